The number of halogens is 1. The van der Waals surface area contributed by atoms with Crippen LogP contribution in [0.15, 0.2) is 41.0 Å². The first kappa shape index (κ1) is 9.38. The predicted octanol–water partition coefficient (Wildman–Crippen LogP) is 1.94. The second kappa shape index (κ2) is 4.35. The molecule has 1 aromatic rings. The first-order valence-corrected chi connectivity index (χ1v) is 3.76. The van der Waals surface area contributed by atoms with Crippen molar-refractivity contribution >= 4 is 11.9 Å². The van der Waals surface area contributed by atoms with Gasteiger partial charge in [-0.1, -0.05) is 0 Å². The van der Waals surface area contributed by atoms with Gasteiger partial charge in [0.05, 0.1) is 11.9 Å². The van der Waals surface area contributed by atoms with Crippen LogP contribution in [-0.2, 0) is 0 Å². The van der Waals surface area contributed by atoms with Crippen molar-refractivity contribution in [2.24, 2.45) is 10.7 Å². The molecule has 0 spiro atoms. The maximum absolute atomic E-state index is 12.8. The molecule has 0 aromatic carbocycles. The highest BCUT2D eigenvalue weighted by Crippen LogP contribution is 2.08. The molecule has 1 aromatic heterocycles. The van der Waals surface area contributed by atoms with Gasteiger partial charge in [-0.05, 0) is 19.1 Å². The Bertz CT molecular complexity index is 326. The summed E-state index contributed by atoms with van der Waals surface area (Å²) in [5.74, 6) is -0.517. The van der Waals surface area contributed by atoms with Crippen molar-refractivity contribution in [1.29, 1.82) is 0 Å². The molecule has 0 aliphatic rings. The molecule has 0 fully saturated rings. The Kier molecular flexibility index (Phi) is 3.14. The zero-order chi connectivity index (χ0) is 9.68. The van der Waals surface area contributed by atoms with Crippen LogP contribution in [0.25, 0.3) is 0 Å². The molecule has 0 aliphatic carbocycles. The number of nitrogens with two attached hydrogens (primary N) is 1. The second-order valence-corrected chi connectivity index (χ2v) is 2.49. The van der Waals surface area contributed by atoms with E-state index >= 15 is 0 Å². The highest BCUT2D eigenvalue weighted by atomic mass is 19.1. The minimum Gasteiger partial charge on any atom is -0.400 e. The van der Waals surface area contributed by atoms with Crippen molar-refractivity contribution in [2.75, 3.05) is 0 Å². The molecule has 0 saturated carbocycles. The lowest BCUT2D eigenvalue weighted by atomic mass is 10.4. The lowest BCUT2D eigenvalue weighted by molar-refractivity contribution is 0.672. The molecular weight excluding hydrogens is 169 g/mol. The number of pyridine rings is 1. The molecule has 4 heteroatoms. The number of allylic oxidation sites excluding steroid dienone is 2. The third-order valence-corrected chi connectivity index (χ3v) is 1.37. The van der Waals surface area contributed by atoms with Crippen LogP contribution in [0.2, 0.25) is 0 Å². The van der Waals surface area contributed by atoms with E-state index in [2.05, 4.69) is 9.98 Å². The fourth-order valence-electron chi connectivity index (χ4n) is 0.663. The lowest BCUT2D eigenvalue weighted by Gasteiger charge is -1.92. The molecule has 0 aliphatic heterocycles. The average Bonchev–Trinajstić information content (AvgIpc) is 2.15. The standard InChI is InChI=1S/C9H10FN3/c1-7(11)9(10)6-13-8-2-4-12-5-3-8/h2-6H,11H2,1H3. The van der Waals surface area contributed by atoms with E-state index in [0.29, 0.717) is 5.69 Å². The summed E-state index contributed by atoms with van der Waals surface area (Å²) < 4.78 is 12.8. The number of hydrogen-bond acceptors (Lipinski definition) is 3. The Hall–Kier alpha value is -1.71. The van der Waals surface area contributed by atoms with E-state index in [0.717, 1.165) is 6.21 Å². The predicted molar refractivity (Wildman–Crippen MR) is 50.4 cm³/mol. The number of rotatable bonds is 2. The lowest BCUT2D eigenvalue weighted by Crippen LogP contribution is -1.94. The minimum absolute atomic E-state index is 0.123. The summed E-state index contributed by atoms with van der Waals surface area (Å²) in [6, 6.07) is 3.35. The minimum atomic E-state index is -0.517. The molecule has 0 atom stereocenters. The largest absolute Gasteiger partial charge is 0.400 e. The average molecular weight is 179 g/mol. The normalized spacial score (nSPS) is 13.1. The third-order valence-electron chi connectivity index (χ3n) is 1.37. The van der Waals surface area contributed by atoms with Crippen molar-refractivity contribution in [3.8, 4) is 0 Å². The summed E-state index contributed by atoms with van der Waals surface area (Å²) in [7, 11) is 0. The summed E-state index contributed by atoms with van der Waals surface area (Å²) in [4.78, 5) is 7.65. The van der Waals surface area contributed by atoms with Crippen molar-refractivity contribution in [3.05, 3.63) is 36.1 Å². The second-order valence-electron chi connectivity index (χ2n) is 2.49. The van der Waals surface area contributed by atoms with E-state index in [1.807, 2.05) is 0 Å². The Morgan fingerprint density at radius 1 is 1.54 bits per heavy atom. The van der Waals surface area contributed by atoms with Gasteiger partial charge in [0.2, 0.25) is 0 Å². The van der Waals surface area contributed by atoms with Crippen molar-refractivity contribution in [2.45, 2.75) is 6.92 Å². The van der Waals surface area contributed by atoms with Crippen LogP contribution in [0.4, 0.5) is 10.1 Å². The van der Waals surface area contributed by atoms with Crippen LogP contribution in [-0.4, -0.2) is 11.2 Å². The molecule has 68 valence electrons. The van der Waals surface area contributed by atoms with E-state index in [9.17, 15) is 4.39 Å². The molecule has 2 N–H and O–H groups in total. The van der Waals surface area contributed by atoms with Crippen molar-refractivity contribution < 1.29 is 4.39 Å². The van der Waals surface area contributed by atoms with Gasteiger partial charge < -0.3 is 5.73 Å². The Morgan fingerprint density at radius 3 is 2.69 bits per heavy atom. The molecule has 1 rings (SSSR count). The van der Waals surface area contributed by atoms with Gasteiger partial charge in [-0.25, -0.2) is 4.39 Å². The summed E-state index contributed by atoms with van der Waals surface area (Å²) in [6.07, 6.45) is 4.26. The van der Waals surface area contributed by atoms with E-state index < -0.39 is 5.83 Å². The van der Waals surface area contributed by atoms with Gasteiger partial charge in [0.1, 0.15) is 0 Å². The van der Waals surface area contributed by atoms with Gasteiger partial charge in [-0.15, -0.1) is 0 Å². The SMILES string of the molecule is CC(N)=C(F)C=Nc1ccncc1. The first-order valence-electron chi connectivity index (χ1n) is 3.76. The zero-order valence-electron chi connectivity index (χ0n) is 7.24. The molecule has 3 nitrogen and oxygen atoms in total. The maximum atomic E-state index is 12.8. The molecule has 0 bridgehead atoms. The van der Waals surface area contributed by atoms with Crippen LogP contribution < -0.4 is 5.73 Å². The Balaban J connectivity index is 2.76. The first-order chi connectivity index (χ1) is 6.20. The van der Waals surface area contributed by atoms with Crippen LogP contribution in [0, 0.1) is 0 Å². The molecule has 1 heterocycles. The Morgan fingerprint density at radius 2 is 2.15 bits per heavy atom. The van der Waals surface area contributed by atoms with E-state index in [4.69, 9.17) is 5.73 Å². The molecule has 0 unspecified atom stereocenters. The van der Waals surface area contributed by atoms with Crippen LogP contribution in [0.5, 0.6) is 0 Å². The summed E-state index contributed by atoms with van der Waals surface area (Å²) >= 11 is 0. The van der Waals surface area contributed by atoms with E-state index in [1.165, 1.54) is 6.92 Å². The molecular formula is C9H10FN3. The molecule has 0 saturated heterocycles. The number of hydrogen-bond donors (Lipinski definition) is 1. The van der Waals surface area contributed by atoms with Crippen LogP contribution in [0.3, 0.4) is 0 Å². The fraction of sp³-hybridized carbons (Fsp3) is 0.111. The number of nitrogens with zero attached hydrogens (tertiary/aromatic N) is 2. The number of aliphatic imine (C=N–C) groups is 1. The van der Waals surface area contributed by atoms with Crippen molar-refractivity contribution in [1.82, 2.24) is 4.98 Å². The van der Waals surface area contributed by atoms with Gasteiger partial charge in [0, 0.05) is 18.1 Å². The van der Waals surface area contributed by atoms with Gasteiger partial charge in [-0.3, -0.25) is 9.98 Å². The summed E-state index contributed by atoms with van der Waals surface area (Å²) in [6.45, 7) is 1.48. The highest BCUT2D eigenvalue weighted by molar-refractivity contribution is 5.78. The molecule has 0 amide bonds. The smallest absolute Gasteiger partial charge is 0.159 e. The monoisotopic (exact) mass is 179 g/mol. The van der Waals surface area contributed by atoms with Gasteiger partial charge in [0.25, 0.3) is 0 Å². The Labute approximate surface area is 75.8 Å². The van der Waals surface area contributed by atoms with E-state index in [-0.39, 0.29) is 5.70 Å². The topological polar surface area (TPSA) is 51.3 Å². The number of aromatic nitrogens is 1. The highest BCUT2D eigenvalue weighted by Gasteiger charge is 1.92. The summed E-state index contributed by atoms with van der Waals surface area (Å²) in [5.41, 5.74) is 5.97. The van der Waals surface area contributed by atoms with Crippen molar-refractivity contribution in [3.63, 3.8) is 0 Å². The van der Waals surface area contributed by atoms with Gasteiger partial charge in [-0.2, -0.15) is 0 Å². The van der Waals surface area contributed by atoms with Gasteiger partial charge >= 0.3 is 0 Å². The fourth-order valence-corrected chi connectivity index (χ4v) is 0.663. The molecule has 13 heavy (non-hydrogen) atoms. The van der Waals surface area contributed by atoms with Crippen LogP contribution in [0.1, 0.15) is 6.92 Å². The van der Waals surface area contributed by atoms with Crippen LogP contribution >= 0.6 is 0 Å². The van der Waals surface area contributed by atoms with E-state index in [1.54, 1.807) is 24.5 Å². The quantitative estimate of drug-likeness (QED) is 0.705. The van der Waals surface area contributed by atoms with Gasteiger partial charge in [0.15, 0.2) is 5.83 Å². The third kappa shape index (κ3) is 3.02. The summed E-state index contributed by atoms with van der Waals surface area (Å²) in [5, 5.41) is 0. The maximum Gasteiger partial charge on any atom is 0.159 e. The molecule has 0 radical (unpaired) electrons. The zero-order valence-corrected chi connectivity index (χ0v) is 7.24.